The SMILES string of the molecule is c1ccc(-c2noc3ncnc(Nc4ccc(Oc5cccc6ccccc56)cc4)c23)cc1. The summed E-state index contributed by atoms with van der Waals surface area (Å²) in [7, 11) is 0. The van der Waals surface area contributed by atoms with Crippen LogP contribution in [0.4, 0.5) is 11.5 Å². The molecule has 0 saturated carbocycles. The molecular formula is C27H18N4O2. The van der Waals surface area contributed by atoms with Crippen molar-refractivity contribution in [2.24, 2.45) is 0 Å². The second-order valence-corrected chi connectivity index (χ2v) is 7.53. The molecule has 6 aromatic rings. The fraction of sp³-hybridized carbons (Fsp3) is 0. The lowest BCUT2D eigenvalue weighted by Gasteiger charge is -2.11. The highest BCUT2D eigenvalue weighted by Gasteiger charge is 2.16. The number of hydrogen-bond acceptors (Lipinski definition) is 6. The van der Waals surface area contributed by atoms with Crippen molar-refractivity contribution in [2.75, 3.05) is 5.32 Å². The number of benzene rings is 4. The Labute approximate surface area is 189 Å². The van der Waals surface area contributed by atoms with E-state index in [1.165, 1.54) is 6.33 Å². The second kappa shape index (κ2) is 8.09. The molecular weight excluding hydrogens is 412 g/mol. The maximum atomic E-state index is 6.15. The van der Waals surface area contributed by atoms with Gasteiger partial charge in [0.05, 0.1) is 0 Å². The van der Waals surface area contributed by atoms with Crippen LogP contribution in [-0.4, -0.2) is 15.1 Å². The lowest BCUT2D eigenvalue weighted by Crippen LogP contribution is -1.96. The van der Waals surface area contributed by atoms with Crippen LogP contribution in [-0.2, 0) is 0 Å². The number of fused-ring (bicyclic) bond motifs is 2. The number of ether oxygens (including phenoxy) is 1. The van der Waals surface area contributed by atoms with Crippen molar-refractivity contribution in [1.29, 1.82) is 0 Å². The maximum Gasteiger partial charge on any atom is 0.263 e. The van der Waals surface area contributed by atoms with Gasteiger partial charge in [-0.1, -0.05) is 71.9 Å². The zero-order chi connectivity index (χ0) is 22.0. The Balaban J connectivity index is 1.29. The Morgan fingerprint density at radius 2 is 1.52 bits per heavy atom. The van der Waals surface area contributed by atoms with Crippen molar-refractivity contribution in [3.63, 3.8) is 0 Å². The van der Waals surface area contributed by atoms with Crippen molar-refractivity contribution in [3.8, 4) is 22.8 Å². The first-order valence-electron chi connectivity index (χ1n) is 10.5. The molecule has 33 heavy (non-hydrogen) atoms. The van der Waals surface area contributed by atoms with E-state index in [1.807, 2.05) is 78.9 Å². The van der Waals surface area contributed by atoms with Crippen molar-refractivity contribution >= 4 is 33.4 Å². The molecule has 0 saturated heterocycles. The summed E-state index contributed by atoms with van der Waals surface area (Å²) in [5.41, 5.74) is 2.93. The molecule has 1 N–H and O–H groups in total. The number of rotatable bonds is 5. The largest absolute Gasteiger partial charge is 0.457 e. The summed E-state index contributed by atoms with van der Waals surface area (Å²) >= 11 is 0. The van der Waals surface area contributed by atoms with Gasteiger partial charge in [0.25, 0.3) is 5.71 Å². The highest BCUT2D eigenvalue weighted by molar-refractivity contribution is 5.98. The van der Waals surface area contributed by atoms with Crippen LogP contribution in [0.3, 0.4) is 0 Å². The molecule has 6 rings (SSSR count). The second-order valence-electron chi connectivity index (χ2n) is 7.53. The monoisotopic (exact) mass is 430 g/mol. The van der Waals surface area contributed by atoms with E-state index < -0.39 is 0 Å². The summed E-state index contributed by atoms with van der Waals surface area (Å²) in [5, 5.41) is 10.5. The van der Waals surface area contributed by atoms with Crippen LogP contribution in [0.1, 0.15) is 0 Å². The van der Waals surface area contributed by atoms with Crippen LogP contribution in [0.5, 0.6) is 11.5 Å². The molecule has 6 nitrogen and oxygen atoms in total. The van der Waals surface area contributed by atoms with Gasteiger partial charge >= 0.3 is 0 Å². The number of hydrogen-bond donors (Lipinski definition) is 1. The first kappa shape index (κ1) is 19.0. The molecule has 0 fully saturated rings. The average molecular weight is 430 g/mol. The third-order valence-electron chi connectivity index (χ3n) is 5.41. The normalized spacial score (nSPS) is 11.0. The van der Waals surface area contributed by atoms with Gasteiger partial charge in [0, 0.05) is 16.6 Å². The molecule has 2 heterocycles. The predicted molar refractivity (Wildman–Crippen MR) is 129 cm³/mol. The molecule has 0 amide bonds. The van der Waals surface area contributed by atoms with Gasteiger partial charge in [-0.05, 0) is 35.7 Å². The van der Waals surface area contributed by atoms with E-state index in [0.717, 1.165) is 38.9 Å². The molecule has 0 bridgehead atoms. The van der Waals surface area contributed by atoms with E-state index in [2.05, 4.69) is 38.6 Å². The van der Waals surface area contributed by atoms with E-state index in [4.69, 9.17) is 9.26 Å². The first-order chi connectivity index (χ1) is 16.3. The third-order valence-corrected chi connectivity index (χ3v) is 5.41. The summed E-state index contributed by atoms with van der Waals surface area (Å²) in [4.78, 5) is 8.65. The van der Waals surface area contributed by atoms with Crippen molar-refractivity contribution in [1.82, 2.24) is 15.1 Å². The smallest absolute Gasteiger partial charge is 0.263 e. The predicted octanol–water partition coefficient (Wildman–Crippen LogP) is 6.97. The minimum Gasteiger partial charge on any atom is -0.457 e. The summed E-state index contributed by atoms with van der Waals surface area (Å²) in [6.07, 6.45) is 1.46. The number of aromatic nitrogens is 3. The molecule has 0 spiro atoms. The minimum atomic E-state index is 0.433. The van der Waals surface area contributed by atoms with Gasteiger partial charge in [-0.3, -0.25) is 0 Å². The lowest BCUT2D eigenvalue weighted by atomic mass is 10.1. The first-order valence-corrected chi connectivity index (χ1v) is 10.5. The van der Waals surface area contributed by atoms with E-state index in [-0.39, 0.29) is 0 Å². The van der Waals surface area contributed by atoms with Crippen LogP contribution in [0, 0.1) is 0 Å². The standard InChI is InChI=1S/C27H18N4O2/c1-2-8-19(9-3-1)25-24-26(28-17-29-27(24)33-31-25)30-20-13-15-21(16-14-20)32-23-12-6-10-18-7-4-5-11-22(18)23/h1-17H,(H,28,29,30). The zero-order valence-corrected chi connectivity index (χ0v) is 17.5. The Kier molecular flexibility index (Phi) is 4.66. The Morgan fingerprint density at radius 1 is 0.727 bits per heavy atom. The van der Waals surface area contributed by atoms with Gasteiger partial charge in [-0.15, -0.1) is 0 Å². The van der Waals surface area contributed by atoms with Crippen molar-refractivity contribution in [2.45, 2.75) is 0 Å². The summed E-state index contributed by atoms with van der Waals surface area (Å²) in [6.45, 7) is 0. The van der Waals surface area contributed by atoms with Gasteiger partial charge in [0.2, 0.25) is 0 Å². The summed E-state index contributed by atoms with van der Waals surface area (Å²) < 4.78 is 11.6. The van der Waals surface area contributed by atoms with Gasteiger partial charge < -0.3 is 14.6 Å². The number of anilines is 2. The van der Waals surface area contributed by atoms with Crippen LogP contribution in [0.2, 0.25) is 0 Å². The lowest BCUT2D eigenvalue weighted by molar-refractivity contribution is 0.451. The van der Waals surface area contributed by atoms with E-state index in [9.17, 15) is 0 Å². The molecule has 0 atom stereocenters. The molecule has 0 aliphatic heterocycles. The number of nitrogens with one attached hydrogen (secondary N) is 1. The molecule has 0 unspecified atom stereocenters. The number of nitrogens with zero attached hydrogens (tertiary/aromatic N) is 3. The Bertz CT molecular complexity index is 1560. The van der Waals surface area contributed by atoms with Gasteiger partial charge in [-0.25, -0.2) is 4.98 Å². The Hall–Kier alpha value is -4.71. The third kappa shape index (κ3) is 3.64. The van der Waals surface area contributed by atoms with Gasteiger partial charge in [0.1, 0.15) is 34.7 Å². The van der Waals surface area contributed by atoms with Gasteiger partial charge in [0.15, 0.2) is 0 Å². The molecule has 6 heteroatoms. The summed E-state index contributed by atoms with van der Waals surface area (Å²) in [6, 6.07) is 31.8. The average Bonchev–Trinajstić information content (AvgIpc) is 3.31. The minimum absolute atomic E-state index is 0.433. The van der Waals surface area contributed by atoms with E-state index in [0.29, 0.717) is 17.2 Å². The summed E-state index contributed by atoms with van der Waals surface area (Å²) in [5.74, 6) is 2.20. The topological polar surface area (TPSA) is 73.1 Å². The van der Waals surface area contributed by atoms with Crippen molar-refractivity contribution in [3.05, 3.63) is 103 Å². The zero-order valence-electron chi connectivity index (χ0n) is 17.5. The fourth-order valence-corrected chi connectivity index (χ4v) is 3.83. The van der Waals surface area contributed by atoms with Crippen molar-refractivity contribution < 1.29 is 9.26 Å². The Morgan fingerprint density at radius 3 is 2.39 bits per heavy atom. The highest BCUT2D eigenvalue weighted by Crippen LogP contribution is 2.34. The maximum absolute atomic E-state index is 6.15. The molecule has 158 valence electrons. The molecule has 2 aromatic heterocycles. The van der Waals surface area contributed by atoms with Crippen LogP contribution in [0.25, 0.3) is 33.1 Å². The molecule has 0 aliphatic carbocycles. The van der Waals surface area contributed by atoms with Crippen LogP contribution in [0.15, 0.2) is 108 Å². The van der Waals surface area contributed by atoms with Crippen LogP contribution < -0.4 is 10.1 Å². The molecule has 0 aliphatic rings. The van der Waals surface area contributed by atoms with Crippen LogP contribution >= 0.6 is 0 Å². The molecule has 4 aromatic carbocycles. The highest BCUT2D eigenvalue weighted by atomic mass is 16.5. The van der Waals surface area contributed by atoms with E-state index >= 15 is 0 Å². The molecule has 0 radical (unpaired) electrons. The fourth-order valence-electron chi connectivity index (χ4n) is 3.83. The van der Waals surface area contributed by atoms with E-state index in [1.54, 1.807) is 0 Å². The quantitative estimate of drug-likeness (QED) is 0.318. The van der Waals surface area contributed by atoms with Gasteiger partial charge in [-0.2, -0.15) is 4.98 Å².